The fourth-order valence-electron chi connectivity index (χ4n) is 1.49. The van der Waals surface area contributed by atoms with E-state index >= 15 is 0 Å². The van der Waals surface area contributed by atoms with Gasteiger partial charge in [-0.3, -0.25) is 4.79 Å². The van der Waals surface area contributed by atoms with Crippen LogP contribution >= 0.6 is 15.9 Å². The number of hydrogen-bond acceptors (Lipinski definition) is 2. The molecule has 76 valence electrons. The molecule has 0 saturated carbocycles. The third kappa shape index (κ3) is 3.27. The molecule has 1 rings (SSSR count). The van der Waals surface area contributed by atoms with E-state index < -0.39 is 0 Å². The topological polar surface area (TPSA) is 29.5 Å². The van der Waals surface area contributed by atoms with E-state index in [1.54, 1.807) is 4.90 Å². The molecule has 1 heterocycles. The van der Waals surface area contributed by atoms with Crippen molar-refractivity contribution in [3.05, 3.63) is 0 Å². The molecular weight excluding hydrogens is 234 g/mol. The van der Waals surface area contributed by atoms with Gasteiger partial charge in [0.2, 0.25) is 0 Å². The Hall–Kier alpha value is -0.0900. The van der Waals surface area contributed by atoms with Gasteiger partial charge in [-0.05, 0) is 12.8 Å². The summed E-state index contributed by atoms with van der Waals surface area (Å²) >= 11 is 3.42. The quantitative estimate of drug-likeness (QED) is 0.709. The first-order valence-electron chi connectivity index (χ1n) is 4.62. The van der Waals surface area contributed by atoms with Crippen molar-refractivity contribution in [3.8, 4) is 0 Å². The Morgan fingerprint density at radius 1 is 1.77 bits per heavy atom. The van der Waals surface area contributed by atoms with Crippen molar-refractivity contribution in [1.82, 2.24) is 4.90 Å². The van der Waals surface area contributed by atoms with Crippen LogP contribution < -0.4 is 0 Å². The highest BCUT2D eigenvalue weighted by Crippen LogP contribution is 2.14. The summed E-state index contributed by atoms with van der Waals surface area (Å²) in [6, 6.07) is 0. The van der Waals surface area contributed by atoms with Crippen molar-refractivity contribution in [2.75, 3.05) is 20.2 Å². The van der Waals surface area contributed by atoms with Gasteiger partial charge in [-0.25, -0.2) is 0 Å². The average molecular weight is 250 g/mol. The highest BCUT2D eigenvalue weighted by atomic mass is 79.9. The van der Waals surface area contributed by atoms with Gasteiger partial charge in [0, 0.05) is 25.0 Å². The van der Waals surface area contributed by atoms with E-state index in [1.165, 1.54) is 0 Å². The van der Waals surface area contributed by atoms with Gasteiger partial charge in [-0.2, -0.15) is 0 Å². The standard InChI is InChI=1S/C9H16BrNO2/c1-7(10)6-11(2)9(12)8-4-3-5-13-8/h7-8H,3-6H2,1-2H3. The molecule has 4 heteroatoms. The number of carbonyl (C=O) groups excluding carboxylic acids is 1. The van der Waals surface area contributed by atoms with E-state index in [9.17, 15) is 4.79 Å². The van der Waals surface area contributed by atoms with Crippen LogP contribution in [0, 0.1) is 0 Å². The minimum absolute atomic E-state index is 0.115. The molecule has 0 spiro atoms. The maximum Gasteiger partial charge on any atom is 0.251 e. The van der Waals surface area contributed by atoms with Crippen molar-refractivity contribution < 1.29 is 9.53 Å². The highest BCUT2D eigenvalue weighted by Gasteiger charge is 2.26. The molecule has 0 N–H and O–H groups in total. The normalized spacial score (nSPS) is 24.4. The molecule has 0 aromatic heterocycles. The second-order valence-electron chi connectivity index (χ2n) is 3.50. The zero-order valence-corrected chi connectivity index (χ0v) is 9.71. The largest absolute Gasteiger partial charge is 0.368 e. The lowest BCUT2D eigenvalue weighted by Gasteiger charge is -2.21. The Labute approximate surface area is 87.6 Å². The van der Waals surface area contributed by atoms with Crippen LogP contribution in [-0.4, -0.2) is 41.9 Å². The van der Waals surface area contributed by atoms with Crippen LogP contribution in [0.25, 0.3) is 0 Å². The second kappa shape index (κ2) is 4.96. The number of ether oxygens (including phenoxy) is 1. The minimum Gasteiger partial charge on any atom is -0.368 e. The lowest BCUT2D eigenvalue weighted by atomic mass is 10.2. The van der Waals surface area contributed by atoms with Crippen molar-refractivity contribution >= 4 is 21.8 Å². The molecule has 0 radical (unpaired) electrons. The Kier molecular flexibility index (Phi) is 4.19. The molecule has 13 heavy (non-hydrogen) atoms. The highest BCUT2D eigenvalue weighted by molar-refractivity contribution is 9.09. The van der Waals surface area contributed by atoms with Gasteiger partial charge >= 0.3 is 0 Å². The summed E-state index contributed by atoms with van der Waals surface area (Å²) in [5, 5.41) is 0. The summed E-state index contributed by atoms with van der Waals surface area (Å²) in [5.41, 5.74) is 0. The molecule has 0 aromatic carbocycles. The number of hydrogen-bond donors (Lipinski definition) is 0. The van der Waals surface area contributed by atoms with Gasteiger partial charge in [0.1, 0.15) is 6.10 Å². The van der Waals surface area contributed by atoms with Crippen molar-refractivity contribution in [2.45, 2.75) is 30.7 Å². The van der Waals surface area contributed by atoms with Crippen molar-refractivity contribution in [1.29, 1.82) is 0 Å². The third-order valence-electron chi connectivity index (χ3n) is 2.11. The van der Waals surface area contributed by atoms with E-state index in [1.807, 2.05) is 14.0 Å². The zero-order chi connectivity index (χ0) is 9.84. The molecule has 1 saturated heterocycles. The maximum atomic E-state index is 11.7. The Balaban J connectivity index is 2.36. The monoisotopic (exact) mass is 249 g/mol. The minimum atomic E-state index is -0.184. The SMILES string of the molecule is CC(Br)CN(C)C(=O)C1CCCO1. The first-order chi connectivity index (χ1) is 6.11. The lowest BCUT2D eigenvalue weighted by molar-refractivity contribution is -0.139. The Bertz CT molecular complexity index is 178. The van der Waals surface area contributed by atoms with Gasteiger partial charge in [0.15, 0.2) is 0 Å². The van der Waals surface area contributed by atoms with E-state index in [0.717, 1.165) is 26.0 Å². The van der Waals surface area contributed by atoms with Gasteiger partial charge < -0.3 is 9.64 Å². The molecule has 2 unspecified atom stereocenters. The molecule has 1 amide bonds. The average Bonchev–Trinajstić information content (AvgIpc) is 2.53. The Morgan fingerprint density at radius 2 is 2.46 bits per heavy atom. The van der Waals surface area contributed by atoms with Crippen molar-refractivity contribution in [3.63, 3.8) is 0 Å². The van der Waals surface area contributed by atoms with Crippen LogP contribution in [-0.2, 0) is 9.53 Å². The van der Waals surface area contributed by atoms with E-state index in [0.29, 0.717) is 4.83 Å². The third-order valence-corrected chi connectivity index (χ3v) is 2.40. The van der Waals surface area contributed by atoms with E-state index in [4.69, 9.17) is 4.74 Å². The summed E-state index contributed by atoms with van der Waals surface area (Å²) in [6.45, 7) is 3.49. The summed E-state index contributed by atoms with van der Waals surface area (Å²) in [7, 11) is 1.82. The summed E-state index contributed by atoms with van der Waals surface area (Å²) in [6.07, 6.45) is 1.70. The number of amides is 1. The van der Waals surface area contributed by atoms with E-state index in [2.05, 4.69) is 15.9 Å². The molecule has 1 aliphatic heterocycles. The Morgan fingerprint density at radius 3 is 2.92 bits per heavy atom. The van der Waals surface area contributed by atoms with Crippen LogP contribution in [0.5, 0.6) is 0 Å². The predicted octanol–water partition coefficient (Wildman–Crippen LogP) is 1.41. The number of rotatable bonds is 3. The van der Waals surface area contributed by atoms with Crippen molar-refractivity contribution in [2.24, 2.45) is 0 Å². The van der Waals surface area contributed by atoms with Gasteiger partial charge in [-0.1, -0.05) is 22.9 Å². The molecule has 0 aliphatic carbocycles. The summed E-state index contributed by atoms with van der Waals surface area (Å²) < 4.78 is 5.31. The number of nitrogens with zero attached hydrogens (tertiary/aromatic N) is 1. The van der Waals surface area contributed by atoms with Gasteiger partial charge in [0.05, 0.1) is 0 Å². The second-order valence-corrected chi connectivity index (χ2v) is 5.06. The molecule has 2 atom stereocenters. The van der Waals surface area contributed by atoms with Crippen LogP contribution in [0.4, 0.5) is 0 Å². The molecule has 1 fully saturated rings. The predicted molar refractivity (Wildman–Crippen MR) is 55.0 cm³/mol. The van der Waals surface area contributed by atoms with Crippen LogP contribution in [0.3, 0.4) is 0 Å². The van der Waals surface area contributed by atoms with Crippen LogP contribution in [0.1, 0.15) is 19.8 Å². The lowest BCUT2D eigenvalue weighted by Crippen LogP contribution is -2.38. The van der Waals surface area contributed by atoms with Gasteiger partial charge in [-0.15, -0.1) is 0 Å². The number of likely N-dealkylation sites (N-methyl/N-ethyl adjacent to an activating group) is 1. The number of halogens is 1. The fourth-order valence-corrected chi connectivity index (χ4v) is 1.92. The smallest absolute Gasteiger partial charge is 0.251 e. The van der Waals surface area contributed by atoms with Crippen LogP contribution in [0.2, 0.25) is 0 Å². The molecule has 0 bridgehead atoms. The maximum absolute atomic E-state index is 11.7. The van der Waals surface area contributed by atoms with E-state index in [-0.39, 0.29) is 12.0 Å². The number of alkyl halides is 1. The first kappa shape index (κ1) is 11.0. The molecule has 3 nitrogen and oxygen atoms in total. The summed E-state index contributed by atoms with van der Waals surface area (Å²) in [5.74, 6) is 0.115. The first-order valence-corrected chi connectivity index (χ1v) is 5.53. The summed E-state index contributed by atoms with van der Waals surface area (Å²) in [4.78, 5) is 13.7. The fraction of sp³-hybridized carbons (Fsp3) is 0.889. The zero-order valence-electron chi connectivity index (χ0n) is 8.12. The van der Waals surface area contributed by atoms with Gasteiger partial charge in [0.25, 0.3) is 5.91 Å². The molecule has 0 aromatic rings. The molecular formula is C9H16BrNO2. The number of carbonyl (C=O) groups is 1. The molecule has 1 aliphatic rings. The van der Waals surface area contributed by atoms with Crippen LogP contribution in [0.15, 0.2) is 0 Å².